The summed E-state index contributed by atoms with van der Waals surface area (Å²) < 4.78 is 0. The lowest BCUT2D eigenvalue weighted by Crippen LogP contribution is -2.49. The van der Waals surface area contributed by atoms with Gasteiger partial charge in [0.1, 0.15) is 0 Å². The van der Waals surface area contributed by atoms with Crippen molar-refractivity contribution in [1.82, 2.24) is 4.90 Å². The van der Waals surface area contributed by atoms with E-state index in [1.165, 1.54) is 11.6 Å². The zero-order valence-corrected chi connectivity index (χ0v) is 15.6. The van der Waals surface area contributed by atoms with E-state index in [2.05, 4.69) is 48.7 Å². The molecule has 2 aromatic rings. The van der Waals surface area contributed by atoms with Crippen LogP contribution in [0.15, 0.2) is 73.3 Å². The second-order valence-corrected chi connectivity index (χ2v) is 7.05. The normalized spacial score (nSPS) is 16.8. The van der Waals surface area contributed by atoms with Crippen LogP contribution in [0.25, 0.3) is 0 Å². The third kappa shape index (κ3) is 4.41. The highest BCUT2D eigenvalue weighted by Crippen LogP contribution is 2.25. The van der Waals surface area contributed by atoms with Crippen LogP contribution in [0.3, 0.4) is 0 Å². The van der Waals surface area contributed by atoms with Gasteiger partial charge in [-0.1, -0.05) is 55.1 Å². The number of likely N-dealkylation sites (tertiary alicyclic amines) is 1. The van der Waals surface area contributed by atoms with Crippen molar-refractivity contribution in [2.75, 3.05) is 18.0 Å². The first-order valence-corrected chi connectivity index (χ1v) is 9.47. The molecule has 2 aromatic carbocycles. The number of rotatable bonds is 6. The second-order valence-electron chi connectivity index (χ2n) is 7.05. The van der Waals surface area contributed by atoms with Crippen LogP contribution in [0.2, 0.25) is 0 Å². The molecule has 0 bridgehead atoms. The molecule has 0 aromatic heterocycles. The van der Waals surface area contributed by atoms with E-state index in [4.69, 9.17) is 0 Å². The van der Waals surface area contributed by atoms with E-state index in [0.717, 1.165) is 38.0 Å². The van der Waals surface area contributed by atoms with Gasteiger partial charge < -0.3 is 9.80 Å². The average Bonchev–Trinajstić information content (AvgIpc) is 2.70. The molecule has 1 fully saturated rings. The Morgan fingerprint density at radius 3 is 2.27 bits per heavy atom. The number of benzene rings is 2. The van der Waals surface area contributed by atoms with Crippen molar-refractivity contribution in [2.24, 2.45) is 0 Å². The van der Waals surface area contributed by atoms with E-state index in [1.807, 2.05) is 35.2 Å². The van der Waals surface area contributed by atoms with Gasteiger partial charge in [0.15, 0.2) is 0 Å². The molecular formula is C23H28N2O. The largest absolute Gasteiger partial charge is 0.306 e. The van der Waals surface area contributed by atoms with Gasteiger partial charge in [0.05, 0.1) is 0 Å². The van der Waals surface area contributed by atoms with E-state index < -0.39 is 0 Å². The van der Waals surface area contributed by atoms with Gasteiger partial charge in [0.25, 0.3) is 5.91 Å². The van der Waals surface area contributed by atoms with Crippen molar-refractivity contribution < 1.29 is 4.79 Å². The summed E-state index contributed by atoms with van der Waals surface area (Å²) in [5.74, 6) is -0.00742. The maximum Gasteiger partial charge on any atom is 0.250 e. The van der Waals surface area contributed by atoms with Crippen LogP contribution < -0.4 is 4.90 Å². The molecule has 1 atom stereocenters. The third-order valence-corrected chi connectivity index (χ3v) is 5.31. The van der Waals surface area contributed by atoms with Crippen LogP contribution in [0.4, 0.5) is 5.69 Å². The van der Waals surface area contributed by atoms with Gasteiger partial charge in [0, 0.05) is 30.9 Å². The molecule has 0 spiro atoms. The molecule has 1 unspecified atom stereocenters. The molecule has 3 heteroatoms. The summed E-state index contributed by atoms with van der Waals surface area (Å²) in [4.78, 5) is 16.9. The molecule has 1 heterocycles. The van der Waals surface area contributed by atoms with E-state index in [-0.39, 0.29) is 11.9 Å². The van der Waals surface area contributed by atoms with Gasteiger partial charge in [-0.25, -0.2) is 0 Å². The highest BCUT2D eigenvalue weighted by atomic mass is 16.2. The average molecular weight is 348 g/mol. The Morgan fingerprint density at radius 2 is 1.69 bits per heavy atom. The van der Waals surface area contributed by atoms with Crippen molar-refractivity contribution in [3.63, 3.8) is 0 Å². The van der Waals surface area contributed by atoms with Gasteiger partial charge in [-0.15, -0.1) is 0 Å². The number of piperidine rings is 1. The van der Waals surface area contributed by atoms with E-state index in [9.17, 15) is 4.79 Å². The molecule has 1 amide bonds. The first kappa shape index (κ1) is 18.4. The Bertz CT molecular complexity index is 706. The minimum atomic E-state index is -0.00742. The SMILES string of the molecule is C=CC(=O)N(c1ccccc1)C1CCN(C(C)Cc2ccccc2)CC1. The fourth-order valence-electron chi connectivity index (χ4n) is 3.87. The van der Waals surface area contributed by atoms with Crippen LogP contribution in [0.1, 0.15) is 25.3 Å². The van der Waals surface area contributed by atoms with Crippen LogP contribution in [0.5, 0.6) is 0 Å². The lowest BCUT2D eigenvalue weighted by molar-refractivity contribution is -0.114. The van der Waals surface area contributed by atoms with Gasteiger partial charge in [0.2, 0.25) is 0 Å². The lowest BCUT2D eigenvalue weighted by atomic mass is 9.98. The van der Waals surface area contributed by atoms with Crippen LogP contribution in [-0.2, 0) is 11.2 Å². The highest BCUT2D eigenvalue weighted by molar-refractivity contribution is 6.01. The summed E-state index contributed by atoms with van der Waals surface area (Å²) in [6.07, 6.45) is 4.48. The number of carbonyl (C=O) groups is 1. The molecular weight excluding hydrogens is 320 g/mol. The van der Waals surface area contributed by atoms with E-state index in [0.29, 0.717) is 6.04 Å². The summed E-state index contributed by atoms with van der Waals surface area (Å²) in [5, 5.41) is 0. The number of hydrogen-bond acceptors (Lipinski definition) is 2. The Kier molecular flexibility index (Phi) is 6.24. The summed E-state index contributed by atoms with van der Waals surface area (Å²) >= 11 is 0. The number of para-hydroxylation sites is 1. The first-order chi connectivity index (χ1) is 12.7. The highest BCUT2D eigenvalue weighted by Gasteiger charge is 2.29. The molecule has 0 radical (unpaired) electrons. The summed E-state index contributed by atoms with van der Waals surface area (Å²) in [7, 11) is 0. The molecule has 0 saturated carbocycles. The summed E-state index contributed by atoms with van der Waals surface area (Å²) in [5.41, 5.74) is 2.35. The number of hydrogen-bond donors (Lipinski definition) is 0. The Balaban J connectivity index is 1.62. The van der Waals surface area contributed by atoms with Crippen LogP contribution in [-0.4, -0.2) is 36.0 Å². The summed E-state index contributed by atoms with van der Waals surface area (Å²) in [6.45, 7) is 8.03. The fourth-order valence-corrected chi connectivity index (χ4v) is 3.87. The Hall–Kier alpha value is -2.39. The monoisotopic (exact) mass is 348 g/mol. The number of carbonyl (C=O) groups excluding carboxylic acids is 1. The zero-order valence-electron chi connectivity index (χ0n) is 15.6. The second kappa shape index (κ2) is 8.81. The molecule has 0 N–H and O–H groups in total. The zero-order chi connectivity index (χ0) is 18.4. The van der Waals surface area contributed by atoms with Crippen molar-refractivity contribution in [2.45, 2.75) is 38.3 Å². The molecule has 1 aliphatic rings. The third-order valence-electron chi connectivity index (χ3n) is 5.31. The van der Waals surface area contributed by atoms with Crippen molar-refractivity contribution in [3.8, 4) is 0 Å². The number of amides is 1. The predicted molar refractivity (Wildman–Crippen MR) is 108 cm³/mol. The minimum absolute atomic E-state index is 0.00742. The van der Waals surface area contributed by atoms with Crippen molar-refractivity contribution >= 4 is 11.6 Å². The molecule has 26 heavy (non-hydrogen) atoms. The predicted octanol–water partition coefficient (Wildman–Crippen LogP) is 4.30. The van der Waals surface area contributed by atoms with E-state index >= 15 is 0 Å². The summed E-state index contributed by atoms with van der Waals surface area (Å²) in [6, 6.07) is 21.4. The Morgan fingerprint density at radius 1 is 1.12 bits per heavy atom. The van der Waals surface area contributed by atoms with Gasteiger partial charge in [-0.05, 0) is 50.0 Å². The molecule has 1 saturated heterocycles. The molecule has 1 aliphatic heterocycles. The smallest absolute Gasteiger partial charge is 0.250 e. The first-order valence-electron chi connectivity index (χ1n) is 9.47. The molecule has 3 nitrogen and oxygen atoms in total. The lowest BCUT2D eigenvalue weighted by Gasteiger charge is -2.40. The van der Waals surface area contributed by atoms with E-state index in [1.54, 1.807) is 0 Å². The number of nitrogens with zero attached hydrogens (tertiary/aromatic N) is 2. The number of anilines is 1. The molecule has 3 rings (SSSR count). The Labute approximate surface area is 156 Å². The fraction of sp³-hybridized carbons (Fsp3) is 0.348. The van der Waals surface area contributed by atoms with Crippen LogP contribution >= 0.6 is 0 Å². The maximum absolute atomic E-state index is 12.5. The van der Waals surface area contributed by atoms with Gasteiger partial charge in [-0.3, -0.25) is 4.79 Å². The van der Waals surface area contributed by atoms with Gasteiger partial charge in [-0.2, -0.15) is 0 Å². The van der Waals surface area contributed by atoms with Crippen LogP contribution in [0, 0.1) is 0 Å². The molecule has 0 aliphatic carbocycles. The molecule has 136 valence electrons. The standard InChI is InChI=1S/C23H28N2O/c1-3-23(26)25(21-12-8-5-9-13-21)22-14-16-24(17-15-22)19(2)18-20-10-6-4-7-11-20/h3-13,19,22H,1,14-18H2,2H3. The topological polar surface area (TPSA) is 23.6 Å². The quantitative estimate of drug-likeness (QED) is 0.727. The van der Waals surface area contributed by atoms with Crippen molar-refractivity contribution in [3.05, 3.63) is 78.9 Å². The minimum Gasteiger partial charge on any atom is -0.306 e. The maximum atomic E-state index is 12.5. The van der Waals surface area contributed by atoms with Crippen molar-refractivity contribution in [1.29, 1.82) is 0 Å². The van der Waals surface area contributed by atoms with Gasteiger partial charge >= 0.3 is 0 Å².